The molecule has 1 nitrogen and oxygen atoms in total. The maximum atomic E-state index is 3.85. The summed E-state index contributed by atoms with van der Waals surface area (Å²) in [6.45, 7) is 7.04. The fourth-order valence-electron chi connectivity index (χ4n) is 2.06. The van der Waals surface area contributed by atoms with Crippen molar-refractivity contribution in [1.82, 2.24) is 5.32 Å². The van der Waals surface area contributed by atoms with Crippen molar-refractivity contribution < 1.29 is 0 Å². The average molecular weight is 253 g/mol. The highest BCUT2D eigenvalue weighted by atomic mass is 32.2. The van der Waals surface area contributed by atoms with Gasteiger partial charge >= 0.3 is 0 Å². The molecule has 3 heteroatoms. The normalized spacial score (nSPS) is 16.8. The van der Waals surface area contributed by atoms with Gasteiger partial charge in [-0.2, -0.15) is 11.8 Å². The Bertz CT molecular complexity index is 333. The molecule has 0 spiro atoms. The highest BCUT2D eigenvalue weighted by Gasteiger charge is 2.17. The Morgan fingerprint density at radius 2 is 2.50 bits per heavy atom. The van der Waals surface area contributed by atoms with E-state index in [0.29, 0.717) is 6.04 Å². The second kappa shape index (κ2) is 5.89. The highest BCUT2D eigenvalue weighted by molar-refractivity contribution is 7.98. The van der Waals surface area contributed by atoms with Crippen LogP contribution in [0.1, 0.15) is 34.7 Å². The first-order chi connectivity index (χ1) is 7.85. The predicted molar refractivity (Wildman–Crippen MR) is 75.4 cm³/mol. The number of thiophene rings is 1. The maximum absolute atomic E-state index is 3.85. The molecule has 0 bridgehead atoms. The summed E-state index contributed by atoms with van der Waals surface area (Å²) < 4.78 is 0. The molecule has 88 valence electrons. The lowest BCUT2D eigenvalue weighted by Crippen LogP contribution is -2.19. The van der Waals surface area contributed by atoms with Gasteiger partial charge in [-0.25, -0.2) is 0 Å². The van der Waals surface area contributed by atoms with Crippen LogP contribution >= 0.6 is 23.1 Å². The molecule has 1 atom stereocenters. The van der Waals surface area contributed by atoms with Crippen molar-refractivity contribution in [3.05, 3.63) is 34.0 Å². The zero-order chi connectivity index (χ0) is 11.4. The van der Waals surface area contributed by atoms with Gasteiger partial charge in [0.2, 0.25) is 0 Å². The Morgan fingerprint density at radius 1 is 1.62 bits per heavy atom. The van der Waals surface area contributed by atoms with E-state index in [1.54, 1.807) is 10.4 Å². The fraction of sp³-hybridized carbons (Fsp3) is 0.538. The second-order valence-electron chi connectivity index (χ2n) is 4.03. The molecular formula is C13H19NS2. The third-order valence-electron chi connectivity index (χ3n) is 2.84. The molecule has 16 heavy (non-hydrogen) atoms. The number of nitrogens with one attached hydrogen (secondary N) is 1. The molecule has 0 radical (unpaired) electrons. The lowest BCUT2D eigenvalue weighted by molar-refractivity contribution is 0.567. The fourth-order valence-corrected chi connectivity index (χ4v) is 4.52. The van der Waals surface area contributed by atoms with Crippen molar-refractivity contribution >= 4 is 23.1 Å². The summed E-state index contributed by atoms with van der Waals surface area (Å²) in [5.74, 6) is 2.50. The molecule has 1 aliphatic heterocycles. The average Bonchev–Trinajstić information content (AvgIpc) is 2.72. The minimum absolute atomic E-state index is 0.475. The van der Waals surface area contributed by atoms with Crippen molar-refractivity contribution in [2.24, 2.45) is 0 Å². The summed E-state index contributed by atoms with van der Waals surface area (Å²) >= 11 is 4.06. The molecule has 0 saturated carbocycles. The van der Waals surface area contributed by atoms with Gasteiger partial charge in [0.1, 0.15) is 0 Å². The zero-order valence-electron chi connectivity index (χ0n) is 9.79. The third kappa shape index (κ3) is 2.70. The van der Waals surface area contributed by atoms with Gasteiger partial charge in [0.15, 0.2) is 0 Å². The number of aryl methyl sites for hydroxylation is 1. The Labute approximate surface area is 106 Å². The Hall–Kier alpha value is -0.250. The summed E-state index contributed by atoms with van der Waals surface area (Å²) in [4.78, 5) is 3.11. The monoisotopic (exact) mass is 253 g/mol. The van der Waals surface area contributed by atoms with Crippen LogP contribution in [0.2, 0.25) is 0 Å². The van der Waals surface area contributed by atoms with Crippen LogP contribution in [0.5, 0.6) is 0 Å². The largest absolute Gasteiger partial charge is 0.309 e. The van der Waals surface area contributed by atoms with E-state index in [1.807, 2.05) is 17.4 Å². The lowest BCUT2D eigenvalue weighted by Gasteiger charge is -2.13. The molecule has 2 rings (SSSR count). The molecule has 0 aliphatic carbocycles. The molecular weight excluding hydrogens is 234 g/mol. The molecule has 1 aromatic rings. The number of rotatable bonds is 5. The number of thioether (sulfide) groups is 1. The summed E-state index contributed by atoms with van der Waals surface area (Å²) in [5, 5.41) is 3.54. The first-order valence-corrected chi connectivity index (χ1v) is 7.85. The molecule has 1 aromatic heterocycles. The van der Waals surface area contributed by atoms with Gasteiger partial charge < -0.3 is 5.32 Å². The molecule has 0 fully saturated rings. The van der Waals surface area contributed by atoms with Gasteiger partial charge in [-0.3, -0.25) is 0 Å². The van der Waals surface area contributed by atoms with Crippen molar-refractivity contribution in [2.75, 3.05) is 12.3 Å². The van der Waals surface area contributed by atoms with Crippen molar-refractivity contribution in [1.29, 1.82) is 0 Å². The van der Waals surface area contributed by atoms with Crippen molar-refractivity contribution in [2.45, 2.75) is 31.6 Å². The van der Waals surface area contributed by atoms with E-state index in [9.17, 15) is 0 Å². The summed E-state index contributed by atoms with van der Waals surface area (Å²) in [5.41, 5.74) is 1.57. The molecule has 2 heterocycles. The minimum atomic E-state index is 0.475. The van der Waals surface area contributed by atoms with Crippen LogP contribution in [0.15, 0.2) is 18.7 Å². The second-order valence-corrected chi connectivity index (χ2v) is 6.31. The molecule has 0 aromatic carbocycles. The SMILES string of the molecule is C=CCC(NCC)c1cc2c(s1)CCSC2. The maximum Gasteiger partial charge on any atom is 0.0449 e. The molecule has 1 aliphatic rings. The van der Waals surface area contributed by atoms with E-state index in [-0.39, 0.29) is 0 Å². The Morgan fingerprint density at radius 3 is 3.19 bits per heavy atom. The number of hydrogen-bond acceptors (Lipinski definition) is 3. The molecule has 0 saturated heterocycles. The minimum Gasteiger partial charge on any atom is -0.309 e. The Kier molecular flexibility index (Phi) is 4.50. The van der Waals surface area contributed by atoms with Crippen LogP contribution in [0.3, 0.4) is 0 Å². The predicted octanol–water partition coefficient (Wildman–Crippen LogP) is 3.76. The van der Waals surface area contributed by atoms with E-state index in [2.05, 4.69) is 36.6 Å². The van der Waals surface area contributed by atoms with Crippen LogP contribution in [-0.2, 0) is 12.2 Å². The van der Waals surface area contributed by atoms with E-state index >= 15 is 0 Å². The first-order valence-electron chi connectivity index (χ1n) is 5.88. The van der Waals surface area contributed by atoms with Crippen molar-refractivity contribution in [3.63, 3.8) is 0 Å². The first kappa shape index (κ1) is 12.2. The van der Waals surface area contributed by atoms with Gasteiger partial charge in [-0.15, -0.1) is 17.9 Å². The topological polar surface area (TPSA) is 12.0 Å². The van der Waals surface area contributed by atoms with E-state index < -0.39 is 0 Å². The smallest absolute Gasteiger partial charge is 0.0449 e. The van der Waals surface area contributed by atoms with Gasteiger partial charge in [-0.1, -0.05) is 13.0 Å². The third-order valence-corrected chi connectivity index (χ3v) is 5.20. The Balaban J connectivity index is 2.16. The van der Waals surface area contributed by atoms with Gasteiger partial charge in [-0.05, 0) is 36.8 Å². The molecule has 1 unspecified atom stereocenters. The molecule has 0 amide bonds. The van der Waals surface area contributed by atoms with Crippen LogP contribution in [0.25, 0.3) is 0 Å². The molecule has 1 N–H and O–H groups in total. The standard InChI is InChI=1S/C13H19NS2/c1-3-5-11(14-4-2)13-8-10-9-15-7-6-12(10)16-13/h3,8,11,14H,1,4-7,9H2,2H3. The van der Waals surface area contributed by atoms with Crippen LogP contribution in [0, 0.1) is 0 Å². The van der Waals surface area contributed by atoms with E-state index in [4.69, 9.17) is 0 Å². The highest BCUT2D eigenvalue weighted by Crippen LogP contribution is 2.35. The van der Waals surface area contributed by atoms with Gasteiger partial charge in [0.05, 0.1) is 0 Å². The van der Waals surface area contributed by atoms with Crippen LogP contribution in [-0.4, -0.2) is 12.3 Å². The lowest BCUT2D eigenvalue weighted by atomic mass is 10.1. The number of fused-ring (bicyclic) bond motifs is 1. The van der Waals surface area contributed by atoms with Crippen molar-refractivity contribution in [3.8, 4) is 0 Å². The quantitative estimate of drug-likeness (QED) is 0.802. The van der Waals surface area contributed by atoms with Crippen LogP contribution in [0.4, 0.5) is 0 Å². The summed E-state index contributed by atoms with van der Waals surface area (Å²) in [7, 11) is 0. The van der Waals surface area contributed by atoms with Crippen LogP contribution < -0.4 is 5.32 Å². The summed E-state index contributed by atoms with van der Waals surface area (Å²) in [6, 6.07) is 2.88. The number of hydrogen-bond donors (Lipinski definition) is 1. The van der Waals surface area contributed by atoms with E-state index in [1.165, 1.54) is 22.8 Å². The zero-order valence-corrected chi connectivity index (χ0v) is 11.4. The van der Waals surface area contributed by atoms with E-state index in [0.717, 1.165) is 13.0 Å². The van der Waals surface area contributed by atoms with Gasteiger partial charge in [0, 0.05) is 21.5 Å². The van der Waals surface area contributed by atoms with Gasteiger partial charge in [0.25, 0.3) is 0 Å². The summed E-state index contributed by atoms with van der Waals surface area (Å²) in [6.07, 6.45) is 4.30.